The molecule has 1 N–H and O–H groups in total. The summed E-state index contributed by atoms with van der Waals surface area (Å²) in [5, 5.41) is 3.71. The fourth-order valence-corrected chi connectivity index (χ4v) is 5.27. The molecule has 38 heavy (non-hydrogen) atoms. The van der Waals surface area contributed by atoms with Gasteiger partial charge in [-0.05, 0) is 76.1 Å². The summed E-state index contributed by atoms with van der Waals surface area (Å²) >= 11 is 12.3. The number of nitrogens with zero attached hydrogens (tertiary/aromatic N) is 3. The molecule has 0 radical (unpaired) electrons. The van der Waals surface area contributed by atoms with Crippen LogP contribution < -0.4 is 15.0 Å². The van der Waals surface area contributed by atoms with E-state index < -0.39 is 5.82 Å². The lowest BCUT2D eigenvalue weighted by Crippen LogP contribution is -2.55. The molecule has 6 nitrogen and oxygen atoms in total. The second-order valence-electron chi connectivity index (χ2n) is 10.4. The van der Waals surface area contributed by atoms with E-state index in [1.165, 1.54) is 18.9 Å². The zero-order valence-electron chi connectivity index (χ0n) is 21.7. The number of rotatable bonds is 7. The maximum atomic E-state index is 15.6. The predicted octanol–water partition coefficient (Wildman–Crippen LogP) is 6.76. The maximum Gasteiger partial charge on any atom is 0.255 e. The van der Waals surface area contributed by atoms with Crippen LogP contribution in [0.5, 0.6) is 5.88 Å². The molecule has 3 aromatic rings. The molecular formula is C29H31Cl2FN4O2. The van der Waals surface area contributed by atoms with Crippen molar-refractivity contribution in [3.63, 3.8) is 0 Å². The lowest BCUT2D eigenvalue weighted by molar-refractivity contribution is 0.102. The third-order valence-corrected chi connectivity index (χ3v) is 7.81. The zero-order valence-corrected chi connectivity index (χ0v) is 23.2. The van der Waals surface area contributed by atoms with E-state index in [9.17, 15) is 4.79 Å². The van der Waals surface area contributed by atoms with Crippen LogP contribution in [0.25, 0.3) is 11.1 Å². The number of likely N-dealkylation sites (N-methyl/N-ethyl adjacent to an activating group) is 1. The van der Waals surface area contributed by atoms with Gasteiger partial charge in [-0.25, -0.2) is 9.37 Å². The second-order valence-corrected chi connectivity index (χ2v) is 11.2. The number of amides is 1. The molecule has 1 aliphatic carbocycles. The number of carbonyl (C=O) groups excluding carboxylic acids is 1. The summed E-state index contributed by atoms with van der Waals surface area (Å²) < 4.78 is 21.4. The first kappa shape index (κ1) is 26.7. The van der Waals surface area contributed by atoms with E-state index in [4.69, 9.17) is 27.9 Å². The predicted molar refractivity (Wildman–Crippen MR) is 151 cm³/mol. The van der Waals surface area contributed by atoms with Crippen LogP contribution in [0.15, 0.2) is 48.7 Å². The van der Waals surface area contributed by atoms with Gasteiger partial charge in [0.15, 0.2) is 0 Å². The van der Waals surface area contributed by atoms with Crippen molar-refractivity contribution in [3.8, 4) is 17.0 Å². The Labute approximate surface area is 232 Å². The Bertz CT molecular complexity index is 1300. The van der Waals surface area contributed by atoms with Crippen molar-refractivity contribution in [3.05, 3.63) is 70.1 Å². The summed E-state index contributed by atoms with van der Waals surface area (Å²) in [7, 11) is 2.09. The molecule has 2 heterocycles. The molecule has 0 bridgehead atoms. The highest BCUT2D eigenvalue weighted by Crippen LogP contribution is 2.37. The van der Waals surface area contributed by atoms with Crippen molar-refractivity contribution in [1.82, 2.24) is 9.88 Å². The Morgan fingerprint density at radius 1 is 1.08 bits per heavy atom. The van der Waals surface area contributed by atoms with Crippen molar-refractivity contribution in [1.29, 1.82) is 0 Å². The minimum Gasteiger partial charge on any atom is -0.477 e. The molecule has 1 saturated heterocycles. The van der Waals surface area contributed by atoms with Crippen LogP contribution in [0.4, 0.5) is 15.8 Å². The normalized spacial score (nSPS) is 19.9. The summed E-state index contributed by atoms with van der Waals surface area (Å²) in [5.41, 5.74) is 2.37. The lowest BCUT2D eigenvalue weighted by atomic mass is 10.0. The third kappa shape index (κ3) is 6.06. The van der Waals surface area contributed by atoms with Crippen LogP contribution >= 0.6 is 23.2 Å². The van der Waals surface area contributed by atoms with Gasteiger partial charge >= 0.3 is 0 Å². The van der Waals surface area contributed by atoms with Crippen LogP contribution in [-0.2, 0) is 0 Å². The van der Waals surface area contributed by atoms with Gasteiger partial charge in [-0.15, -0.1) is 0 Å². The highest BCUT2D eigenvalue weighted by Gasteiger charge is 2.29. The van der Waals surface area contributed by atoms with Gasteiger partial charge in [-0.1, -0.05) is 23.2 Å². The Balaban J connectivity index is 1.49. The highest BCUT2D eigenvalue weighted by atomic mass is 35.5. The summed E-state index contributed by atoms with van der Waals surface area (Å²) in [6.45, 7) is 6.32. The summed E-state index contributed by atoms with van der Waals surface area (Å²) in [4.78, 5) is 22.1. The van der Waals surface area contributed by atoms with Crippen molar-refractivity contribution in [2.45, 2.75) is 38.8 Å². The number of halogens is 3. The van der Waals surface area contributed by atoms with Gasteiger partial charge in [-0.3, -0.25) is 9.69 Å². The summed E-state index contributed by atoms with van der Waals surface area (Å²) in [6.07, 6.45) is 3.98. The average molecular weight is 557 g/mol. The fourth-order valence-electron chi connectivity index (χ4n) is 4.74. The molecule has 1 saturated carbocycles. The van der Waals surface area contributed by atoms with E-state index >= 15 is 4.39 Å². The minimum absolute atomic E-state index is 0.254. The molecular weight excluding hydrogens is 526 g/mol. The monoisotopic (exact) mass is 556 g/mol. The van der Waals surface area contributed by atoms with Gasteiger partial charge in [0.2, 0.25) is 5.88 Å². The van der Waals surface area contributed by atoms with Crippen molar-refractivity contribution >= 4 is 40.5 Å². The van der Waals surface area contributed by atoms with E-state index in [0.29, 0.717) is 69.6 Å². The minimum atomic E-state index is -0.392. The molecule has 2 atom stereocenters. The number of piperazine rings is 1. The van der Waals surface area contributed by atoms with E-state index in [2.05, 4.69) is 41.0 Å². The number of anilines is 2. The smallest absolute Gasteiger partial charge is 0.255 e. The topological polar surface area (TPSA) is 57.7 Å². The standard InChI is InChI=1S/C29H31Cl2FN4O2/c1-17-14-36(15-18(2)35(17)3)27-12-25(32)24(20-6-7-28(33-13-20)38-16-19-4-5-19)11-26(27)34-29(37)21-8-22(30)10-23(31)9-21/h6-13,17-19H,4-5,14-16H2,1-3H3,(H,34,37). The van der Waals surface area contributed by atoms with Crippen LogP contribution in [0.3, 0.4) is 0 Å². The van der Waals surface area contributed by atoms with Crippen LogP contribution in [-0.4, -0.2) is 54.6 Å². The Morgan fingerprint density at radius 2 is 1.76 bits per heavy atom. The Kier molecular flexibility index (Phi) is 7.80. The number of benzene rings is 2. The number of pyridine rings is 1. The van der Waals surface area contributed by atoms with Crippen LogP contribution in [0.1, 0.15) is 37.0 Å². The molecule has 9 heteroatoms. The van der Waals surface area contributed by atoms with Gasteiger partial charge in [0, 0.05) is 64.2 Å². The van der Waals surface area contributed by atoms with Crippen molar-refractivity contribution in [2.24, 2.45) is 5.92 Å². The summed E-state index contributed by atoms with van der Waals surface area (Å²) in [6, 6.07) is 11.9. The fraction of sp³-hybridized carbons (Fsp3) is 0.379. The van der Waals surface area contributed by atoms with Crippen molar-refractivity contribution < 1.29 is 13.9 Å². The first-order valence-corrected chi connectivity index (χ1v) is 13.6. The molecule has 1 amide bonds. The third-order valence-electron chi connectivity index (χ3n) is 7.37. The molecule has 1 aliphatic heterocycles. The van der Waals surface area contributed by atoms with Crippen LogP contribution in [0, 0.1) is 11.7 Å². The van der Waals surface area contributed by atoms with Gasteiger partial charge in [0.05, 0.1) is 18.0 Å². The molecule has 0 spiro atoms. The molecule has 2 aliphatic rings. The zero-order chi connectivity index (χ0) is 27.0. The van der Waals surface area contributed by atoms with Gasteiger partial charge in [0.1, 0.15) is 5.82 Å². The number of ether oxygens (including phenoxy) is 1. The maximum absolute atomic E-state index is 15.6. The Hall–Kier alpha value is -2.87. The first-order valence-electron chi connectivity index (χ1n) is 12.8. The molecule has 2 aromatic carbocycles. The van der Waals surface area contributed by atoms with Gasteiger partial charge < -0.3 is 15.0 Å². The SMILES string of the molecule is CC1CN(c2cc(F)c(-c3ccc(OCC4CC4)nc3)cc2NC(=O)c2cc(Cl)cc(Cl)c2)CC(C)N1C. The van der Waals surface area contributed by atoms with E-state index in [-0.39, 0.29) is 18.0 Å². The number of hydrogen-bond donors (Lipinski definition) is 1. The lowest BCUT2D eigenvalue weighted by Gasteiger charge is -2.44. The molecule has 2 fully saturated rings. The number of hydrogen-bond acceptors (Lipinski definition) is 5. The van der Waals surface area contributed by atoms with Gasteiger partial charge in [0.25, 0.3) is 5.91 Å². The largest absolute Gasteiger partial charge is 0.477 e. The Morgan fingerprint density at radius 3 is 2.37 bits per heavy atom. The number of aromatic nitrogens is 1. The number of carbonyl (C=O) groups is 1. The summed E-state index contributed by atoms with van der Waals surface area (Å²) in [5.74, 6) is 0.355. The second kappa shape index (κ2) is 11.1. The van der Waals surface area contributed by atoms with E-state index in [1.807, 2.05) is 0 Å². The van der Waals surface area contributed by atoms with E-state index in [1.54, 1.807) is 42.6 Å². The molecule has 1 aromatic heterocycles. The molecule has 5 rings (SSSR count). The van der Waals surface area contributed by atoms with Crippen molar-refractivity contribution in [2.75, 3.05) is 37.0 Å². The molecule has 2 unspecified atom stereocenters. The van der Waals surface area contributed by atoms with Gasteiger partial charge in [-0.2, -0.15) is 0 Å². The number of nitrogens with one attached hydrogen (secondary N) is 1. The van der Waals surface area contributed by atoms with E-state index in [0.717, 1.165) is 0 Å². The first-order chi connectivity index (χ1) is 18.2. The molecule has 200 valence electrons. The highest BCUT2D eigenvalue weighted by molar-refractivity contribution is 6.35. The van der Waals surface area contributed by atoms with Crippen LogP contribution in [0.2, 0.25) is 10.0 Å². The quantitative estimate of drug-likeness (QED) is 0.348. The average Bonchev–Trinajstić information content (AvgIpc) is 3.71.